The zero-order chi connectivity index (χ0) is 22.0. The SMILES string of the molecule is CCn1ncc2c(C(=O)N(C)C(C)c3ccccc3OC)cc(-c3ccccc3)nc21. The summed E-state index contributed by atoms with van der Waals surface area (Å²) in [5.74, 6) is 0.678. The molecule has 4 rings (SSSR count). The van der Waals surface area contributed by atoms with Gasteiger partial charge < -0.3 is 9.64 Å². The second-order valence-corrected chi connectivity index (χ2v) is 7.45. The number of methoxy groups -OCH3 is 1. The second kappa shape index (κ2) is 8.60. The predicted octanol–water partition coefficient (Wildman–Crippen LogP) is 4.96. The lowest BCUT2D eigenvalue weighted by Gasteiger charge is -2.27. The van der Waals surface area contributed by atoms with Crippen molar-refractivity contribution in [3.8, 4) is 17.0 Å². The molecule has 0 saturated carbocycles. The van der Waals surface area contributed by atoms with Crippen LogP contribution in [0.3, 0.4) is 0 Å². The third-order valence-electron chi connectivity index (χ3n) is 5.70. The quantitative estimate of drug-likeness (QED) is 0.447. The summed E-state index contributed by atoms with van der Waals surface area (Å²) in [4.78, 5) is 20.2. The molecule has 0 spiro atoms. The summed E-state index contributed by atoms with van der Waals surface area (Å²) in [6.07, 6.45) is 1.73. The fraction of sp³-hybridized carbons (Fsp3) is 0.240. The van der Waals surface area contributed by atoms with E-state index in [2.05, 4.69) is 5.10 Å². The molecule has 6 heteroatoms. The third-order valence-corrected chi connectivity index (χ3v) is 5.70. The van der Waals surface area contributed by atoms with Crippen molar-refractivity contribution in [1.29, 1.82) is 0 Å². The number of carbonyl (C=O) groups is 1. The van der Waals surface area contributed by atoms with Crippen LogP contribution in [0.1, 0.15) is 35.8 Å². The number of benzene rings is 2. The molecule has 31 heavy (non-hydrogen) atoms. The minimum absolute atomic E-state index is 0.0846. The number of amides is 1. The van der Waals surface area contributed by atoms with Gasteiger partial charge in [-0.25, -0.2) is 9.67 Å². The number of nitrogens with zero attached hydrogens (tertiary/aromatic N) is 4. The number of pyridine rings is 1. The molecule has 0 aliphatic carbocycles. The lowest BCUT2D eigenvalue weighted by atomic mass is 10.0. The van der Waals surface area contributed by atoms with Crippen LogP contribution in [-0.2, 0) is 6.54 Å². The molecule has 4 aromatic rings. The molecular formula is C25H26N4O2. The zero-order valence-corrected chi connectivity index (χ0v) is 18.2. The summed E-state index contributed by atoms with van der Waals surface area (Å²) >= 11 is 0. The molecule has 0 bridgehead atoms. The van der Waals surface area contributed by atoms with Crippen molar-refractivity contribution in [1.82, 2.24) is 19.7 Å². The number of hydrogen-bond donors (Lipinski definition) is 0. The van der Waals surface area contributed by atoms with Crippen molar-refractivity contribution >= 4 is 16.9 Å². The van der Waals surface area contributed by atoms with Gasteiger partial charge in [-0.2, -0.15) is 5.10 Å². The van der Waals surface area contributed by atoms with Crippen molar-refractivity contribution in [2.45, 2.75) is 26.4 Å². The summed E-state index contributed by atoms with van der Waals surface area (Å²) in [6.45, 7) is 4.69. The molecule has 0 aliphatic rings. The lowest BCUT2D eigenvalue weighted by molar-refractivity contribution is 0.0743. The fourth-order valence-corrected chi connectivity index (χ4v) is 3.80. The molecule has 1 amide bonds. The number of fused-ring (bicyclic) bond motifs is 1. The summed E-state index contributed by atoms with van der Waals surface area (Å²) in [7, 11) is 3.46. The smallest absolute Gasteiger partial charge is 0.254 e. The average molecular weight is 415 g/mol. The Kier molecular flexibility index (Phi) is 5.71. The maximum absolute atomic E-state index is 13.7. The molecule has 0 radical (unpaired) electrons. The van der Waals surface area contributed by atoms with E-state index >= 15 is 0 Å². The van der Waals surface area contributed by atoms with Crippen molar-refractivity contribution in [3.05, 3.63) is 78.0 Å². The van der Waals surface area contributed by atoms with Crippen molar-refractivity contribution in [2.75, 3.05) is 14.2 Å². The predicted molar refractivity (Wildman–Crippen MR) is 122 cm³/mol. The molecule has 2 aromatic heterocycles. The third kappa shape index (κ3) is 3.77. The Bertz CT molecular complexity index is 1220. The van der Waals surface area contributed by atoms with Crippen LogP contribution < -0.4 is 4.74 Å². The van der Waals surface area contributed by atoms with Crippen LogP contribution >= 0.6 is 0 Å². The van der Waals surface area contributed by atoms with Crippen molar-refractivity contribution in [3.63, 3.8) is 0 Å². The van der Waals surface area contributed by atoms with E-state index in [1.165, 1.54) is 0 Å². The monoisotopic (exact) mass is 414 g/mol. The van der Waals surface area contributed by atoms with Gasteiger partial charge in [-0.3, -0.25) is 4.79 Å². The molecule has 158 valence electrons. The number of aryl methyl sites for hydroxylation is 1. The molecule has 1 unspecified atom stereocenters. The normalized spacial score (nSPS) is 12.0. The lowest BCUT2D eigenvalue weighted by Crippen LogP contribution is -2.30. The van der Waals surface area contributed by atoms with E-state index in [0.717, 1.165) is 28.0 Å². The topological polar surface area (TPSA) is 60.2 Å². The van der Waals surface area contributed by atoms with Gasteiger partial charge in [0.05, 0.1) is 36.0 Å². The first kappa shape index (κ1) is 20.6. The summed E-state index contributed by atoms with van der Waals surface area (Å²) in [6, 6.07) is 19.4. The Balaban J connectivity index is 1.80. The van der Waals surface area contributed by atoms with Crippen LogP contribution in [0.2, 0.25) is 0 Å². The molecule has 0 fully saturated rings. The highest BCUT2D eigenvalue weighted by molar-refractivity contribution is 6.06. The second-order valence-electron chi connectivity index (χ2n) is 7.45. The number of hydrogen-bond acceptors (Lipinski definition) is 4. The summed E-state index contributed by atoms with van der Waals surface area (Å²) in [5.41, 5.74) is 3.98. The maximum Gasteiger partial charge on any atom is 0.254 e. The van der Waals surface area contributed by atoms with Crippen LogP contribution in [0.15, 0.2) is 66.9 Å². The molecule has 1 atom stereocenters. The molecule has 2 aromatic carbocycles. The number of aromatic nitrogens is 3. The van der Waals surface area contributed by atoms with E-state index < -0.39 is 0 Å². The zero-order valence-electron chi connectivity index (χ0n) is 18.2. The minimum atomic E-state index is -0.173. The highest BCUT2D eigenvalue weighted by Crippen LogP contribution is 2.31. The standard InChI is InChI=1S/C25H26N4O2/c1-5-29-24-21(16-26-29)20(15-22(27-24)18-11-7-6-8-12-18)25(30)28(3)17(2)19-13-9-10-14-23(19)31-4/h6-17H,5H2,1-4H3. The van der Waals surface area contributed by atoms with E-state index in [1.807, 2.05) is 86.2 Å². The van der Waals surface area contributed by atoms with E-state index in [4.69, 9.17) is 9.72 Å². The van der Waals surface area contributed by atoms with E-state index in [0.29, 0.717) is 17.8 Å². The number of ether oxygens (including phenoxy) is 1. The Hall–Kier alpha value is -3.67. The largest absolute Gasteiger partial charge is 0.496 e. The molecule has 6 nitrogen and oxygen atoms in total. The van der Waals surface area contributed by atoms with Crippen LogP contribution in [0, 0.1) is 0 Å². The molecule has 0 saturated heterocycles. The Labute approximate surface area is 182 Å². The summed E-state index contributed by atoms with van der Waals surface area (Å²) in [5, 5.41) is 5.20. The average Bonchev–Trinajstić information content (AvgIpc) is 3.25. The van der Waals surface area contributed by atoms with Crippen molar-refractivity contribution in [2.24, 2.45) is 0 Å². The fourth-order valence-electron chi connectivity index (χ4n) is 3.80. The molecule has 2 heterocycles. The van der Waals surface area contributed by atoms with Gasteiger partial charge in [-0.05, 0) is 26.0 Å². The number of rotatable bonds is 6. The highest BCUT2D eigenvalue weighted by atomic mass is 16.5. The highest BCUT2D eigenvalue weighted by Gasteiger charge is 2.25. The van der Waals surface area contributed by atoms with E-state index in [9.17, 15) is 4.79 Å². The number of para-hydroxylation sites is 1. The Morgan fingerprint density at radius 3 is 2.55 bits per heavy atom. The van der Waals surface area contributed by atoms with Crippen LogP contribution in [-0.4, -0.2) is 39.7 Å². The van der Waals surface area contributed by atoms with Gasteiger partial charge in [0.15, 0.2) is 5.65 Å². The van der Waals surface area contributed by atoms with E-state index in [1.54, 1.807) is 18.2 Å². The van der Waals surface area contributed by atoms with Gasteiger partial charge in [-0.1, -0.05) is 48.5 Å². The molecule has 0 N–H and O–H groups in total. The van der Waals surface area contributed by atoms with Gasteiger partial charge in [0.25, 0.3) is 5.91 Å². The summed E-state index contributed by atoms with van der Waals surface area (Å²) < 4.78 is 7.33. The molecular weight excluding hydrogens is 388 g/mol. The van der Waals surface area contributed by atoms with Crippen molar-refractivity contribution < 1.29 is 9.53 Å². The molecule has 0 aliphatic heterocycles. The minimum Gasteiger partial charge on any atom is -0.496 e. The Morgan fingerprint density at radius 1 is 1.13 bits per heavy atom. The van der Waals surface area contributed by atoms with Gasteiger partial charge in [0.1, 0.15) is 5.75 Å². The van der Waals surface area contributed by atoms with Gasteiger partial charge in [-0.15, -0.1) is 0 Å². The van der Waals surface area contributed by atoms with Crippen LogP contribution in [0.5, 0.6) is 5.75 Å². The van der Waals surface area contributed by atoms with Gasteiger partial charge in [0, 0.05) is 24.7 Å². The van der Waals surface area contributed by atoms with Crippen LogP contribution in [0.25, 0.3) is 22.3 Å². The first-order chi connectivity index (χ1) is 15.0. The first-order valence-corrected chi connectivity index (χ1v) is 10.4. The Morgan fingerprint density at radius 2 is 1.84 bits per heavy atom. The van der Waals surface area contributed by atoms with Gasteiger partial charge >= 0.3 is 0 Å². The van der Waals surface area contributed by atoms with E-state index in [-0.39, 0.29) is 11.9 Å². The maximum atomic E-state index is 13.7. The number of carbonyl (C=O) groups excluding carboxylic acids is 1. The van der Waals surface area contributed by atoms with Crippen LogP contribution in [0.4, 0.5) is 0 Å². The van der Waals surface area contributed by atoms with Gasteiger partial charge in [0.2, 0.25) is 0 Å². The first-order valence-electron chi connectivity index (χ1n) is 10.4.